The summed E-state index contributed by atoms with van der Waals surface area (Å²) in [4.78, 5) is 38.6. The van der Waals surface area contributed by atoms with E-state index in [1.165, 1.54) is 0 Å². The van der Waals surface area contributed by atoms with E-state index in [-0.39, 0.29) is 23.9 Å². The molecule has 0 spiro atoms. The van der Waals surface area contributed by atoms with Crippen molar-refractivity contribution in [2.45, 2.75) is 31.8 Å². The number of aromatic nitrogens is 2. The Morgan fingerprint density at radius 3 is 2.25 bits per heavy atom. The zero-order valence-electron chi connectivity index (χ0n) is 20.0. The minimum Gasteiger partial charge on any atom is -0.377 e. The Bertz CT molecular complexity index is 1150. The lowest BCUT2D eigenvalue weighted by Gasteiger charge is -2.35. The van der Waals surface area contributed by atoms with E-state index in [0.717, 1.165) is 24.5 Å². The molecule has 0 aliphatic carbocycles. The Morgan fingerprint density at radius 2 is 1.56 bits per heavy atom. The van der Waals surface area contributed by atoms with Crippen LogP contribution in [-0.2, 0) is 19.1 Å². The number of anilines is 4. The van der Waals surface area contributed by atoms with E-state index in [9.17, 15) is 9.59 Å². The molecule has 36 heavy (non-hydrogen) atoms. The normalized spacial score (nSPS) is 23.1. The van der Waals surface area contributed by atoms with Crippen LogP contribution in [0.4, 0.5) is 23.0 Å². The lowest BCUT2D eigenvalue weighted by atomic mass is 10.1. The van der Waals surface area contributed by atoms with E-state index in [0.29, 0.717) is 67.5 Å². The summed E-state index contributed by atoms with van der Waals surface area (Å²) in [7, 11) is 0. The van der Waals surface area contributed by atoms with Crippen molar-refractivity contribution in [2.24, 2.45) is 0 Å². The molecule has 2 saturated heterocycles. The van der Waals surface area contributed by atoms with Gasteiger partial charge in [-0.05, 0) is 19.1 Å². The molecule has 1 N–H and O–H groups in total. The Kier molecular flexibility index (Phi) is 7.47. The molecule has 6 rings (SSSR count). The Hall–Kier alpha value is -2.66. The summed E-state index contributed by atoms with van der Waals surface area (Å²) in [6, 6.07) is 3.89. The highest BCUT2D eigenvalue weighted by atomic mass is 35.5. The van der Waals surface area contributed by atoms with Crippen LogP contribution < -0.4 is 20.0 Å². The average molecular weight is 535 g/mol. The lowest BCUT2D eigenvalue weighted by molar-refractivity contribution is -0.119. The summed E-state index contributed by atoms with van der Waals surface area (Å²) in [5.74, 6) is 1.36. The van der Waals surface area contributed by atoms with Gasteiger partial charge in [-0.1, -0.05) is 23.2 Å². The highest BCUT2D eigenvalue weighted by molar-refractivity contribution is 6.31. The van der Waals surface area contributed by atoms with Gasteiger partial charge in [0.15, 0.2) is 11.6 Å². The van der Waals surface area contributed by atoms with Gasteiger partial charge in [-0.3, -0.25) is 14.5 Å². The van der Waals surface area contributed by atoms with Gasteiger partial charge < -0.3 is 24.6 Å². The second-order valence-electron chi connectivity index (χ2n) is 8.96. The zero-order chi connectivity index (χ0) is 25.2. The third kappa shape index (κ3) is 5.08. The fourth-order valence-corrected chi connectivity index (χ4v) is 5.32. The molecule has 0 unspecified atom stereocenters. The molecule has 0 bridgehead atoms. The highest BCUT2D eigenvalue weighted by Crippen LogP contribution is 2.36. The van der Waals surface area contributed by atoms with Gasteiger partial charge in [0, 0.05) is 44.9 Å². The van der Waals surface area contributed by atoms with Gasteiger partial charge in [0.25, 0.3) is 0 Å². The third-order valence-corrected chi connectivity index (χ3v) is 7.10. The SMILES string of the molecule is CCN1C(=O)C[C@H]2COCCN2c2cc(Cl)cnc21.O=C1C[C@H]2COCCN2c2cc(Cl)cnc2N1. The summed E-state index contributed by atoms with van der Waals surface area (Å²) in [6.07, 6.45) is 4.02. The van der Waals surface area contributed by atoms with E-state index in [2.05, 4.69) is 25.1 Å². The van der Waals surface area contributed by atoms with Crippen molar-refractivity contribution in [1.82, 2.24) is 9.97 Å². The number of morpholine rings is 2. The quantitative estimate of drug-likeness (QED) is 0.595. The first-order valence-corrected chi connectivity index (χ1v) is 12.8. The summed E-state index contributed by atoms with van der Waals surface area (Å²) >= 11 is 12.0. The molecule has 12 heteroatoms. The van der Waals surface area contributed by atoms with Crippen LogP contribution in [0.15, 0.2) is 24.5 Å². The molecule has 6 heterocycles. The number of hydrogen-bond acceptors (Lipinski definition) is 8. The van der Waals surface area contributed by atoms with E-state index in [4.69, 9.17) is 32.7 Å². The maximum absolute atomic E-state index is 12.3. The van der Waals surface area contributed by atoms with Crippen molar-refractivity contribution in [3.63, 3.8) is 0 Å². The van der Waals surface area contributed by atoms with Crippen molar-refractivity contribution in [2.75, 3.05) is 66.1 Å². The van der Waals surface area contributed by atoms with Crippen molar-refractivity contribution in [3.05, 3.63) is 34.6 Å². The minimum absolute atomic E-state index is 0.0286. The summed E-state index contributed by atoms with van der Waals surface area (Å²) in [5, 5.41) is 3.97. The summed E-state index contributed by atoms with van der Waals surface area (Å²) < 4.78 is 10.9. The molecule has 4 aliphatic rings. The molecule has 2 amide bonds. The van der Waals surface area contributed by atoms with E-state index in [1.807, 2.05) is 19.1 Å². The van der Waals surface area contributed by atoms with Gasteiger partial charge in [-0.2, -0.15) is 0 Å². The topological polar surface area (TPSA) is 100 Å². The Balaban J connectivity index is 0.000000149. The number of fused-ring (bicyclic) bond motifs is 6. The predicted molar refractivity (Wildman–Crippen MR) is 138 cm³/mol. The molecule has 2 aromatic rings. The first kappa shape index (κ1) is 25.0. The summed E-state index contributed by atoms with van der Waals surface area (Å²) in [5.41, 5.74) is 1.82. The lowest BCUT2D eigenvalue weighted by Crippen LogP contribution is -2.46. The Labute approximate surface area is 219 Å². The van der Waals surface area contributed by atoms with Gasteiger partial charge >= 0.3 is 0 Å². The number of ether oxygens (including phenoxy) is 2. The number of halogens is 2. The molecule has 0 radical (unpaired) electrons. The van der Waals surface area contributed by atoms with Crippen molar-refractivity contribution >= 4 is 58.0 Å². The number of nitrogens with one attached hydrogen (secondary N) is 1. The maximum atomic E-state index is 12.3. The number of carbonyl (C=O) groups is 2. The van der Waals surface area contributed by atoms with Crippen LogP contribution in [0.25, 0.3) is 0 Å². The molecule has 10 nitrogen and oxygen atoms in total. The minimum atomic E-state index is -0.0286. The molecule has 4 aliphatic heterocycles. The summed E-state index contributed by atoms with van der Waals surface area (Å²) in [6.45, 7) is 6.58. The molecule has 2 aromatic heterocycles. The molecule has 2 fully saturated rings. The van der Waals surface area contributed by atoms with Gasteiger partial charge in [0.05, 0.1) is 59.9 Å². The van der Waals surface area contributed by atoms with Crippen molar-refractivity contribution in [1.29, 1.82) is 0 Å². The molecular weight excluding hydrogens is 507 g/mol. The monoisotopic (exact) mass is 534 g/mol. The third-order valence-electron chi connectivity index (χ3n) is 6.68. The van der Waals surface area contributed by atoms with Crippen LogP contribution in [0.5, 0.6) is 0 Å². The smallest absolute Gasteiger partial charge is 0.230 e. The fourth-order valence-electron chi connectivity index (χ4n) is 5.02. The number of nitrogens with zero attached hydrogens (tertiary/aromatic N) is 5. The average Bonchev–Trinajstić information content (AvgIpc) is 3.08. The van der Waals surface area contributed by atoms with Crippen LogP contribution in [-0.4, -0.2) is 79.9 Å². The van der Waals surface area contributed by atoms with Crippen LogP contribution in [0, 0.1) is 0 Å². The molecule has 192 valence electrons. The van der Waals surface area contributed by atoms with Gasteiger partial charge in [0.1, 0.15) is 0 Å². The zero-order valence-corrected chi connectivity index (χ0v) is 21.5. The standard InChI is InChI=1S/C13H16ClN3O2.C11H12ClN3O2/c1-2-16-12(18)6-10-8-19-4-3-17(10)11-5-9(14)7-15-13(11)16;12-7-3-9-11(13-5-7)14-10(16)4-8-6-17-2-1-15(8)9/h5,7,10H,2-4,6,8H2,1H3;3,5,8H,1-2,4,6H2,(H,13,14,16)/t10-;8-/m00/s1. The number of amides is 2. The molecule has 2 atom stereocenters. The first-order chi connectivity index (χ1) is 17.4. The van der Waals surface area contributed by atoms with E-state index >= 15 is 0 Å². The number of hydrogen-bond donors (Lipinski definition) is 1. The van der Waals surface area contributed by atoms with Crippen molar-refractivity contribution in [3.8, 4) is 0 Å². The fraction of sp³-hybridized carbons (Fsp3) is 0.500. The second kappa shape index (κ2) is 10.8. The van der Waals surface area contributed by atoms with Crippen LogP contribution >= 0.6 is 23.2 Å². The predicted octanol–water partition coefficient (Wildman–Crippen LogP) is 2.98. The van der Waals surface area contributed by atoms with E-state index < -0.39 is 0 Å². The maximum Gasteiger partial charge on any atom is 0.230 e. The number of pyridine rings is 2. The second-order valence-corrected chi connectivity index (χ2v) is 9.83. The van der Waals surface area contributed by atoms with Crippen LogP contribution in [0.3, 0.4) is 0 Å². The highest BCUT2D eigenvalue weighted by Gasteiger charge is 2.35. The number of carbonyl (C=O) groups excluding carboxylic acids is 2. The molecule has 0 saturated carbocycles. The van der Waals surface area contributed by atoms with Gasteiger partial charge in [0.2, 0.25) is 11.8 Å². The van der Waals surface area contributed by atoms with Crippen molar-refractivity contribution < 1.29 is 19.1 Å². The molecule has 0 aromatic carbocycles. The van der Waals surface area contributed by atoms with E-state index in [1.54, 1.807) is 17.3 Å². The van der Waals surface area contributed by atoms with Crippen LogP contribution in [0.1, 0.15) is 19.8 Å². The Morgan fingerprint density at radius 1 is 0.944 bits per heavy atom. The first-order valence-electron chi connectivity index (χ1n) is 12.0. The molecular formula is C24H28Cl2N6O4. The largest absolute Gasteiger partial charge is 0.377 e. The number of rotatable bonds is 1. The van der Waals surface area contributed by atoms with Crippen LogP contribution in [0.2, 0.25) is 10.0 Å². The van der Waals surface area contributed by atoms with Gasteiger partial charge in [-0.15, -0.1) is 0 Å². The van der Waals surface area contributed by atoms with Gasteiger partial charge in [-0.25, -0.2) is 9.97 Å².